The maximum absolute atomic E-state index is 13.8. The number of methoxy groups -OCH3 is 1. The van der Waals surface area contributed by atoms with Crippen molar-refractivity contribution in [1.82, 2.24) is 40.2 Å². The molecule has 6 aromatic heterocycles. The van der Waals surface area contributed by atoms with Crippen LogP contribution in [-0.2, 0) is 23.1 Å². The molecule has 4 aliphatic heterocycles. The van der Waals surface area contributed by atoms with E-state index in [2.05, 4.69) is 131 Å². The molecule has 9 aromatic rings. The Bertz CT molecular complexity index is 4360. The first-order valence-corrected chi connectivity index (χ1v) is 25.5. The highest BCUT2D eigenvalue weighted by Crippen LogP contribution is 2.37. The van der Waals surface area contributed by atoms with Gasteiger partial charge in [-0.25, -0.2) is 14.8 Å². The molecule has 1 amide bonds. The SMILES string of the molecule is [CH2-][n+]1c2cc3ccc(cc4nc(cc5ccc([nH]5)c(-c5ccc(C(=O)NCc6ccc(-c7cc8[nH]c7cc7nc(cc9ccc(cc%10nc(c8-c8ccc(C(=O)OC)cc8)C=C%10)[nH]9)C(C)(C)C7)cc6)cc5)c1C=C2)C=C4)[nH]3. The molecule has 0 saturated carbocycles. The zero-order valence-electron chi connectivity index (χ0n) is 42.5. The van der Waals surface area contributed by atoms with Crippen LogP contribution in [0.5, 0.6) is 0 Å². The second-order valence-corrected chi connectivity index (χ2v) is 20.4. The summed E-state index contributed by atoms with van der Waals surface area (Å²) in [6, 6.07) is 50.4. The first kappa shape index (κ1) is 46.7. The molecule has 4 aliphatic rings. The largest absolute Gasteiger partial charge is 0.465 e. The van der Waals surface area contributed by atoms with E-state index in [-0.39, 0.29) is 11.3 Å². The van der Waals surface area contributed by atoms with E-state index in [0.29, 0.717) is 17.7 Å². The van der Waals surface area contributed by atoms with Crippen molar-refractivity contribution in [2.45, 2.75) is 32.2 Å². The molecule has 0 saturated heterocycles. The fraction of sp³-hybridized carbons (Fsp3) is 0.0923. The van der Waals surface area contributed by atoms with Gasteiger partial charge in [-0.2, -0.15) is 0 Å². The Hall–Kier alpha value is -10.1. The fourth-order valence-corrected chi connectivity index (χ4v) is 10.6. The molecule has 10 heterocycles. The van der Waals surface area contributed by atoms with Crippen LogP contribution in [0.2, 0.25) is 0 Å². The molecule has 0 aliphatic carbocycles. The summed E-state index contributed by atoms with van der Waals surface area (Å²) >= 11 is 0. The Morgan fingerprint density at radius 1 is 0.571 bits per heavy atom. The number of carbonyl (C=O) groups is 2. The average Bonchev–Trinajstić information content (AvgIpc) is 4.36. The Morgan fingerprint density at radius 3 is 1.87 bits per heavy atom. The molecule has 0 fully saturated rings. The van der Waals surface area contributed by atoms with Gasteiger partial charge in [-0.05, 0) is 150 Å². The summed E-state index contributed by atoms with van der Waals surface area (Å²) in [6.45, 7) is 4.78. The molecule has 374 valence electrons. The molecule has 3 aromatic carbocycles. The third kappa shape index (κ3) is 9.12. The lowest BCUT2D eigenvalue weighted by atomic mass is 9.87. The molecule has 0 unspecified atom stereocenters. The molecule has 0 spiro atoms. The minimum atomic E-state index is -0.402. The first-order valence-electron chi connectivity index (χ1n) is 25.5. The van der Waals surface area contributed by atoms with Gasteiger partial charge in [0.1, 0.15) is 11.4 Å². The Kier molecular flexibility index (Phi) is 11.3. The highest BCUT2D eigenvalue weighted by molar-refractivity contribution is 5.98. The number of nitrogens with zero attached hydrogens (tertiary/aromatic N) is 4. The van der Waals surface area contributed by atoms with Crippen molar-refractivity contribution in [3.05, 3.63) is 221 Å². The molecular weight excluding hydrogens is 955 g/mol. The van der Waals surface area contributed by atoms with E-state index >= 15 is 0 Å². The minimum absolute atomic E-state index is 0.181. The number of hydrogen-bond acceptors (Lipinski definition) is 6. The summed E-state index contributed by atoms with van der Waals surface area (Å²) in [7, 11) is 5.85. The number of amides is 1. The lowest BCUT2D eigenvalue weighted by molar-refractivity contribution is -0.612. The topological polar surface area (TPSA) is 161 Å². The van der Waals surface area contributed by atoms with Gasteiger partial charge in [-0.1, -0.05) is 74.5 Å². The van der Waals surface area contributed by atoms with Gasteiger partial charge in [0.25, 0.3) is 5.91 Å². The smallest absolute Gasteiger partial charge is 0.337 e. The van der Waals surface area contributed by atoms with E-state index in [0.717, 1.165) is 135 Å². The van der Waals surface area contributed by atoms with Gasteiger partial charge in [0, 0.05) is 103 Å². The lowest BCUT2D eigenvalue weighted by Crippen LogP contribution is -2.29. The second-order valence-electron chi connectivity index (χ2n) is 20.4. The van der Waals surface area contributed by atoms with Crippen molar-refractivity contribution in [1.29, 1.82) is 0 Å². The lowest BCUT2D eigenvalue weighted by Gasteiger charge is -2.15. The van der Waals surface area contributed by atoms with Crippen LogP contribution in [0.3, 0.4) is 0 Å². The van der Waals surface area contributed by atoms with Crippen molar-refractivity contribution in [2.75, 3.05) is 7.11 Å². The number of hydrogen-bond donors (Lipinski definition) is 5. The van der Waals surface area contributed by atoms with Crippen LogP contribution in [0.1, 0.15) is 85.7 Å². The third-order valence-corrected chi connectivity index (χ3v) is 14.6. The van der Waals surface area contributed by atoms with Gasteiger partial charge in [0.2, 0.25) is 0 Å². The molecule has 5 N–H and O–H groups in total. The van der Waals surface area contributed by atoms with Crippen molar-refractivity contribution in [2.24, 2.45) is 0 Å². The number of aromatic nitrogens is 8. The number of fused-ring (bicyclic) bond motifs is 16. The number of aromatic amines is 4. The van der Waals surface area contributed by atoms with Gasteiger partial charge in [-0.3, -0.25) is 9.78 Å². The van der Waals surface area contributed by atoms with Crippen LogP contribution in [0, 0.1) is 7.05 Å². The summed E-state index contributed by atoms with van der Waals surface area (Å²) < 4.78 is 6.96. The Morgan fingerprint density at radius 2 is 1.17 bits per heavy atom. The Balaban J connectivity index is 0.826. The van der Waals surface area contributed by atoms with Gasteiger partial charge >= 0.3 is 5.97 Å². The summed E-state index contributed by atoms with van der Waals surface area (Å²) in [5.41, 5.74) is 21.9. The molecule has 16 bridgehead atoms. The standard InChI is InChI=1S/C65H51N9O3/c1-65(2)36-52-33-57-54(35-58(73-57)61(40-11-15-43(16-12-40)64(76)77-4)55-26-23-48(70-55)31-47-20-22-51(69-47)34-60(65)72-52)39-7-5-38(6-8-39)37-66-63(75)42-13-9-41(10-14-42)62-56-27-24-49(71-56)30-46-18-17-44(67-46)29-45-19-21-50(68-45)32-53-25-28-59(62)74(53)3/h5-35,68-69,71,73H,3,36-37H2,1-2,4H3,(H,66,75). The number of carbonyl (C=O) groups excluding carboxylic acids is 2. The maximum Gasteiger partial charge on any atom is 0.337 e. The van der Waals surface area contributed by atoms with E-state index in [1.807, 2.05) is 95.6 Å². The van der Waals surface area contributed by atoms with Gasteiger partial charge in [-0.15, -0.1) is 0 Å². The number of rotatable bonds is 7. The van der Waals surface area contributed by atoms with E-state index in [1.165, 1.54) is 7.11 Å². The van der Waals surface area contributed by atoms with Crippen molar-refractivity contribution < 1.29 is 18.9 Å². The van der Waals surface area contributed by atoms with Crippen molar-refractivity contribution in [3.8, 4) is 33.4 Å². The highest BCUT2D eigenvalue weighted by atomic mass is 16.5. The zero-order valence-corrected chi connectivity index (χ0v) is 42.5. The van der Waals surface area contributed by atoms with E-state index in [9.17, 15) is 9.59 Å². The minimum Gasteiger partial charge on any atom is -0.465 e. The predicted molar refractivity (Wildman–Crippen MR) is 307 cm³/mol. The van der Waals surface area contributed by atoms with Crippen LogP contribution in [0.25, 0.3) is 114 Å². The zero-order chi connectivity index (χ0) is 52.4. The normalized spacial score (nSPS) is 13.2. The van der Waals surface area contributed by atoms with Crippen molar-refractivity contribution in [3.63, 3.8) is 0 Å². The Labute approximate surface area is 443 Å². The average molecular weight is 1010 g/mol. The van der Waals surface area contributed by atoms with Gasteiger partial charge in [0.15, 0.2) is 0 Å². The fourth-order valence-electron chi connectivity index (χ4n) is 10.6. The number of benzene rings is 3. The number of nitrogens with one attached hydrogen (secondary N) is 5. The molecule has 12 heteroatoms. The van der Waals surface area contributed by atoms with Gasteiger partial charge < -0.3 is 34.6 Å². The van der Waals surface area contributed by atoms with Crippen LogP contribution < -0.4 is 9.88 Å². The summed E-state index contributed by atoms with van der Waals surface area (Å²) in [5.74, 6) is -0.583. The van der Waals surface area contributed by atoms with E-state index in [4.69, 9.17) is 19.7 Å². The van der Waals surface area contributed by atoms with Crippen LogP contribution in [0.15, 0.2) is 152 Å². The second kappa shape index (κ2) is 18.7. The number of esters is 1. The molecule has 0 radical (unpaired) electrons. The summed E-state index contributed by atoms with van der Waals surface area (Å²) in [4.78, 5) is 55.9. The number of H-pyrrole nitrogens is 4. The number of ether oxygens (including phenoxy) is 1. The summed E-state index contributed by atoms with van der Waals surface area (Å²) in [6.07, 6.45) is 13.0. The quantitative estimate of drug-likeness (QED) is 0.0607. The first-order chi connectivity index (χ1) is 37.4. The van der Waals surface area contributed by atoms with Crippen LogP contribution >= 0.6 is 0 Å². The maximum atomic E-state index is 13.8. The van der Waals surface area contributed by atoms with Crippen molar-refractivity contribution >= 4 is 92.5 Å². The summed E-state index contributed by atoms with van der Waals surface area (Å²) in [5, 5.41) is 3.15. The molecule has 12 nitrogen and oxygen atoms in total. The third-order valence-electron chi connectivity index (χ3n) is 14.6. The van der Waals surface area contributed by atoms with Crippen LogP contribution in [0.4, 0.5) is 0 Å². The predicted octanol–water partition coefficient (Wildman–Crippen LogP) is 13.2. The van der Waals surface area contributed by atoms with Crippen LogP contribution in [-0.4, -0.2) is 53.9 Å². The van der Waals surface area contributed by atoms with E-state index in [1.54, 1.807) is 12.1 Å². The molecule has 77 heavy (non-hydrogen) atoms. The monoisotopic (exact) mass is 1010 g/mol. The van der Waals surface area contributed by atoms with Gasteiger partial charge in [0.05, 0.1) is 35.4 Å². The van der Waals surface area contributed by atoms with E-state index < -0.39 is 5.97 Å². The molecular formula is C65H51N9O3. The highest BCUT2D eigenvalue weighted by Gasteiger charge is 2.29. The molecule has 13 rings (SSSR count). The molecule has 0 atom stereocenters.